The Hall–Kier alpha value is -2.62. The van der Waals surface area contributed by atoms with Crippen LogP contribution in [0.2, 0.25) is 0 Å². The first-order chi connectivity index (χ1) is 11.1. The van der Waals surface area contributed by atoms with E-state index in [4.69, 9.17) is 4.74 Å². The number of methoxy groups -OCH3 is 1. The number of allylic oxidation sites excluding steroid dienone is 6. The Morgan fingerprint density at radius 2 is 2.17 bits per heavy atom. The minimum atomic E-state index is -0.320. The monoisotopic (exact) mass is 308 g/mol. The number of carbonyl (C=O) groups is 1. The number of fused-ring (bicyclic) bond motifs is 1. The summed E-state index contributed by atoms with van der Waals surface area (Å²) in [4.78, 5) is 11.9. The van der Waals surface area contributed by atoms with E-state index in [2.05, 4.69) is 36.3 Å². The Morgan fingerprint density at radius 1 is 1.35 bits per heavy atom. The molecule has 2 aromatic rings. The number of carbonyl (C=O) groups excluding carboxylic acids is 1. The van der Waals surface area contributed by atoms with Gasteiger partial charge in [0, 0.05) is 5.39 Å². The van der Waals surface area contributed by atoms with Gasteiger partial charge in [-0.05, 0) is 36.6 Å². The number of benzene rings is 1. The molecular formula is C19H20N2O2. The van der Waals surface area contributed by atoms with Crippen molar-refractivity contribution in [2.24, 2.45) is 5.92 Å². The predicted molar refractivity (Wildman–Crippen MR) is 91.9 cm³/mol. The van der Waals surface area contributed by atoms with Crippen molar-refractivity contribution < 1.29 is 9.53 Å². The molecule has 1 aromatic heterocycles. The molecule has 0 saturated carbocycles. The van der Waals surface area contributed by atoms with E-state index in [9.17, 15) is 4.79 Å². The molecule has 4 nitrogen and oxygen atoms in total. The lowest BCUT2D eigenvalue weighted by Gasteiger charge is -2.11. The summed E-state index contributed by atoms with van der Waals surface area (Å²) < 4.78 is 6.77. The lowest BCUT2D eigenvalue weighted by Crippen LogP contribution is -2.11. The number of hydrogen-bond donors (Lipinski definition) is 0. The van der Waals surface area contributed by atoms with Gasteiger partial charge in [0.05, 0.1) is 30.4 Å². The van der Waals surface area contributed by atoms with Gasteiger partial charge in [-0.1, -0.05) is 37.3 Å². The highest BCUT2D eigenvalue weighted by molar-refractivity contribution is 5.91. The standard InChI is InChI=1S/C19H20N2O2/c1-13-6-4-7-15(11-10-13)21-18-9-5-8-16(17(18)12-20-21)14(2)19(22)23-3/h4-14H,1-3H3. The van der Waals surface area contributed by atoms with Gasteiger partial charge in [-0.15, -0.1) is 0 Å². The molecule has 4 heteroatoms. The molecule has 0 N–H and O–H groups in total. The van der Waals surface area contributed by atoms with Crippen LogP contribution in [0, 0.1) is 5.92 Å². The molecular weight excluding hydrogens is 288 g/mol. The summed E-state index contributed by atoms with van der Waals surface area (Å²) >= 11 is 0. The van der Waals surface area contributed by atoms with Gasteiger partial charge >= 0.3 is 5.97 Å². The number of rotatable bonds is 3. The van der Waals surface area contributed by atoms with Crippen LogP contribution in [0.4, 0.5) is 0 Å². The van der Waals surface area contributed by atoms with Gasteiger partial charge in [0.25, 0.3) is 0 Å². The Kier molecular flexibility index (Phi) is 4.15. The smallest absolute Gasteiger partial charge is 0.312 e. The fourth-order valence-electron chi connectivity index (χ4n) is 2.80. The average Bonchev–Trinajstić information content (AvgIpc) is 2.89. The van der Waals surface area contributed by atoms with Gasteiger partial charge < -0.3 is 4.74 Å². The Labute approximate surface area is 135 Å². The van der Waals surface area contributed by atoms with Gasteiger partial charge in [-0.2, -0.15) is 5.10 Å². The van der Waals surface area contributed by atoms with E-state index < -0.39 is 0 Å². The zero-order valence-corrected chi connectivity index (χ0v) is 13.6. The fourth-order valence-corrected chi connectivity index (χ4v) is 2.80. The van der Waals surface area contributed by atoms with Gasteiger partial charge in [-0.3, -0.25) is 4.79 Å². The number of nitrogens with zero attached hydrogens (tertiary/aromatic N) is 2. The minimum Gasteiger partial charge on any atom is -0.469 e. The van der Waals surface area contributed by atoms with Crippen molar-refractivity contribution in [3.05, 3.63) is 60.3 Å². The zero-order valence-electron chi connectivity index (χ0n) is 13.6. The summed E-state index contributed by atoms with van der Waals surface area (Å²) in [5, 5.41) is 5.50. The molecule has 0 fully saturated rings. The molecule has 23 heavy (non-hydrogen) atoms. The molecule has 0 bridgehead atoms. The maximum absolute atomic E-state index is 11.9. The van der Waals surface area contributed by atoms with Crippen molar-refractivity contribution in [3.63, 3.8) is 0 Å². The van der Waals surface area contributed by atoms with E-state index in [0.29, 0.717) is 5.92 Å². The molecule has 0 aliphatic heterocycles. The third kappa shape index (κ3) is 2.84. The Balaban J connectivity index is 2.09. The van der Waals surface area contributed by atoms with Crippen LogP contribution in [0.5, 0.6) is 0 Å². The van der Waals surface area contributed by atoms with Crippen molar-refractivity contribution in [3.8, 4) is 0 Å². The lowest BCUT2D eigenvalue weighted by atomic mass is 9.98. The number of esters is 1. The Bertz CT molecular complexity index is 827. The third-order valence-electron chi connectivity index (χ3n) is 4.17. The molecule has 1 aliphatic rings. The molecule has 118 valence electrons. The second-order valence-corrected chi connectivity index (χ2v) is 5.78. The van der Waals surface area contributed by atoms with Gasteiger partial charge in [0.1, 0.15) is 0 Å². The highest BCUT2D eigenvalue weighted by atomic mass is 16.5. The van der Waals surface area contributed by atoms with Crippen LogP contribution in [-0.4, -0.2) is 22.9 Å². The highest BCUT2D eigenvalue weighted by Crippen LogP contribution is 2.28. The number of ether oxygens (including phenoxy) is 1. The Morgan fingerprint density at radius 3 is 2.96 bits per heavy atom. The SMILES string of the molecule is COC(=O)C(C)c1cccc2c1cnn2C1=CC=CC(C)C=C1. The first kappa shape index (κ1) is 15.3. The number of aromatic nitrogens is 2. The molecule has 0 amide bonds. The second-order valence-electron chi connectivity index (χ2n) is 5.78. The summed E-state index contributed by atoms with van der Waals surface area (Å²) in [5.74, 6) is -0.156. The molecule has 2 unspecified atom stereocenters. The van der Waals surface area contributed by atoms with E-state index in [1.807, 2.05) is 42.1 Å². The largest absolute Gasteiger partial charge is 0.469 e. The van der Waals surface area contributed by atoms with E-state index in [1.54, 1.807) is 0 Å². The van der Waals surface area contributed by atoms with Crippen molar-refractivity contribution in [2.45, 2.75) is 19.8 Å². The van der Waals surface area contributed by atoms with Crippen LogP contribution in [0.1, 0.15) is 25.3 Å². The lowest BCUT2D eigenvalue weighted by molar-refractivity contribution is -0.141. The summed E-state index contributed by atoms with van der Waals surface area (Å²) in [5.41, 5.74) is 2.92. The molecule has 1 heterocycles. The molecule has 0 radical (unpaired) electrons. The van der Waals surface area contributed by atoms with E-state index in [1.165, 1.54) is 7.11 Å². The molecule has 2 atom stereocenters. The van der Waals surface area contributed by atoms with Crippen LogP contribution in [0.3, 0.4) is 0 Å². The average molecular weight is 308 g/mol. The van der Waals surface area contributed by atoms with Gasteiger partial charge in [0.15, 0.2) is 0 Å². The topological polar surface area (TPSA) is 44.1 Å². The van der Waals surface area contributed by atoms with Gasteiger partial charge in [0.2, 0.25) is 0 Å². The van der Waals surface area contributed by atoms with E-state index >= 15 is 0 Å². The highest BCUT2D eigenvalue weighted by Gasteiger charge is 2.19. The van der Waals surface area contributed by atoms with E-state index in [-0.39, 0.29) is 11.9 Å². The van der Waals surface area contributed by atoms with Crippen LogP contribution >= 0.6 is 0 Å². The first-order valence-electron chi connectivity index (χ1n) is 7.73. The normalized spacial score (nSPS) is 18.6. The van der Waals surface area contributed by atoms with Crippen molar-refractivity contribution in [2.75, 3.05) is 7.11 Å². The maximum atomic E-state index is 11.9. The zero-order chi connectivity index (χ0) is 16.4. The van der Waals surface area contributed by atoms with Crippen molar-refractivity contribution in [1.29, 1.82) is 0 Å². The van der Waals surface area contributed by atoms with E-state index in [0.717, 1.165) is 22.2 Å². The molecule has 0 spiro atoms. The fraction of sp³-hybridized carbons (Fsp3) is 0.263. The van der Waals surface area contributed by atoms with Crippen LogP contribution in [0.25, 0.3) is 16.6 Å². The predicted octanol–water partition coefficient (Wildman–Crippen LogP) is 3.92. The van der Waals surface area contributed by atoms with Gasteiger partial charge in [-0.25, -0.2) is 4.68 Å². The van der Waals surface area contributed by atoms with Crippen molar-refractivity contribution >= 4 is 22.6 Å². The molecule has 1 aliphatic carbocycles. The molecule has 3 rings (SSSR count). The first-order valence-corrected chi connectivity index (χ1v) is 7.73. The van der Waals surface area contributed by atoms with Crippen LogP contribution in [0.15, 0.2) is 54.8 Å². The second kappa shape index (κ2) is 6.24. The summed E-state index contributed by atoms with van der Waals surface area (Å²) in [7, 11) is 1.41. The summed E-state index contributed by atoms with van der Waals surface area (Å²) in [6.45, 7) is 3.99. The molecule has 0 saturated heterocycles. The van der Waals surface area contributed by atoms with Crippen molar-refractivity contribution in [1.82, 2.24) is 9.78 Å². The minimum absolute atomic E-state index is 0.240. The maximum Gasteiger partial charge on any atom is 0.312 e. The quantitative estimate of drug-likeness (QED) is 0.807. The summed E-state index contributed by atoms with van der Waals surface area (Å²) in [6, 6.07) is 5.92. The number of hydrogen-bond acceptors (Lipinski definition) is 3. The molecule has 1 aromatic carbocycles. The summed E-state index contributed by atoms with van der Waals surface area (Å²) in [6.07, 6.45) is 12.3. The third-order valence-corrected chi connectivity index (χ3v) is 4.17. The van der Waals surface area contributed by atoms with Crippen LogP contribution < -0.4 is 0 Å². The van der Waals surface area contributed by atoms with Crippen LogP contribution in [-0.2, 0) is 9.53 Å².